The largest absolute Gasteiger partial charge is 0.378 e. The topological polar surface area (TPSA) is 88.2 Å². The average Bonchev–Trinajstić information content (AvgIpc) is 3.26. The molecule has 0 bridgehead atoms. The number of rotatable bonds is 3. The number of benzene rings is 1. The van der Waals surface area contributed by atoms with E-state index in [1.165, 1.54) is 23.1 Å². The second kappa shape index (κ2) is 5.94. The molecule has 0 amide bonds. The maximum Gasteiger partial charge on any atom is 0.222 e. The van der Waals surface area contributed by atoms with E-state index in [2.05, 4.69) is 15.0 Å². The standard InChI is InChI=1S/C17H16ClN5OS/c1-17(24,15-20-5-7-25-15)11-3-2-10-4-6-23(13(10)8-11)14-12(18)9-21-16(19)22-14/h2-3,5,7-9,24H,4,6H2,1H3,(H2,19,21,22). The molecule has 2 aromatic heterocycles. The molecular formula is C17H16ClN5OS. The van der Waals surface area contributed by atoms with Gasteiger partial charge in [-0.1, -0.05) is 23.7 Å². The van der Waals surface area contributed by atoms with Crippen LogP contribution in [0.4, 0.5) is 17.5 Å². The Labute approximate surface area is 153 Å². The monoisotopic (exact) mass is 373 g/mol. The Morgan fingerprint density at radius 2 is 2.20 bits per heavy atom. The van der Waals surface area contributed by atoms with E-state index in [4.69, 9.17) is 17.3 Å². The third-order valence-corrected chi connectivity index (χ3v) is 5.64. The Hall–Kier alpha value is -2.22. The minimum atomic E-state index is -1.16. The molecule has 1 atom stereocenters. The highest BCUT2D eigenvalue weighted by Crippen LogP contribution is 2.40. The van der Waals surface area contributed by atoms with Crippen LogP contribution in [-0.2, 0) is 12.0 Å². The lowest BCUT2D eigenvalue weighted by Crippen LogP contribution is -2.23. The summed E-state index contributed by atoms with van der Waals surface area (Å²) in [6, 6.07) is 5.95. The molecule has 1 aliphatic rings. The molecule has 4 rings (SSSR count). The minimum absolute atomic E-state index is 0.179. The lowest BCUT2D eigenvalue weighted by atomic mass is 9.95. The normalized spacial score (nSPS) is 15.9. The molecule has 1 aliphatic heterocycles. The molecule has 0 fully saturated rings. The summed E-state index contributed by atoms with van der Waals surface area (Å²) in [5.74, 6) is 0.762. The smallest absolute Gasteiger partial charge is 0.222 e. The highest BCUT2D eigenvalue weighted by molar-refractivity contribution is 7.09. The predicted molar refractivity (Wildman–Crippen MR) is 99.4 cm³/mol. The number of hydrogen-bond donors (Lipinski definition) is 2. The molecular weight excluding hydrogens is 358 g/mol. The van der Waals surface area contributed by atoms with Crippen LogP contribution in [0.15, 0.2) is 36.0 Å². The van der Waals surface area contributed by atoms with Crippen LogP contribution in [0.5, 0.6) is 0 Å². The lowest BCUT2D eigenvalue weighted by molar-refractivity contribution is 0.102. The fourth-order valence-corrected chi connectivity index (χ4v) is 3.96. The van der Waals surface area contributed by atoms with Gasteiger partial charge in [-0.2, -0.15) is 4.98 Å². The van der Waals surface area contributed by atoms with Crippen LogP contribution in [-0.4, -0.2) is 26.6 Å². The second-order valence-electron chi connectivity index (χ2n) is 6.05. The van der Waals surface area contributed by atoms with Crippen LogP contribution < -0.4 is 10.6 Å². The summed E-state index contributed by atoms with van der Waals surface area (Å²) in [5.41, 5.74) is 7.47. The lowest BCUT2D eigenvalue weighted by Gasteiger charge is -2.24. The van der Waals surface area contributed by atoms with Gasteiger partial charge >= 0.3 is 0 Å². The third kappa shape index (κ3) is 2.74. The fourth-order valence-electron chi connectivity index (χ4n) is 3.05. The molecule has 3 aromatic rings. The molecule has 0 radical (unpaired) electrons. The molecule has 128 valence electrons. The van der Waals surface area contributed by atoms with Crippen LogP contribution in [0.2, 0.25) is 5.02 Å². The van der Waals surface area contributed by atoms with E-state index in [1.807, 2.05) is 28.5 Å². The summed E-state index contributed by atoms with van der Waals surface area (Å²) in [5, 5.41) is 13.9. The maximum absolute atomic E-state index is 11.0. The molecule has 0 spiro atoms. The van der Waals surface area contributed by atoms with Gasteiger partial charge in [0.1, 0.15) is 15.6 Å². The van der Waals surface area contributed by atoms with Crippen LogP contribution in [0, 0.1) is 0 Å². The number of anilines is 3. The number of halogens is 1. The summed E-state index contributed by atoms with van der Waals surface area (Å²) >= 11 is 7.70. The van der Waals surface area contributed by atoms with Gasteiger partial charge < -0.3 is 15.7 Å². The third-order valence-electron chi connectivity index (χ3n) is 4.39. The van der Waals surface area contributed by atoms with Crippen molar-refractivity contribution >= 4 is 40.4 Å². The van der Waals surface area contributed by atoms with Gasteiger partial charge in [0.2, 0.25) is 5.95 Å². The van der Waals surface area contributed by atoms with Crippen molar-refractivity contribution in [3.8, 4) is 0 Å². The zero-order valence-electron chi connectivity index (χ0n) is 13.5. The summed E-state index contributed by atoms with van der Waals surface area (Å²) < 4.78 is 0. The van der Waals surface area contributed by atoms with Gasteiger partial charge in [-0.25, -0.2) is 9.97 Å². The van der Waals surface area contributed by atoms with Crippen molar-refractivity contribution in [2.75, 3.05) is 17.2 Å². The minimum Gasteiger partial charge on any atom is -0.378 e. The number of fused-ring (bicyclic) bond motifs is 1. The molecule has 1 unspecified atom stereocenters. The highest BCUT2D eigenvalue weighted by Gasteiger charge is 2.31. The van der Waals surface area contributed by atoms with Crippen LogP contribution >= 0.6 is 22.9 Å². The summed E-state index contributed by atoms with van der Waals surface area (Å²) in [6.07, 6.45) is 4.07. The Bertz CT molecular complexity index is 929. The summed E-state index contributed by atoms with van der Waals surface area (Å²) in [4.78, 5) is 14.5. The number of nitrogens with zero attached hydrogens (tertiary/aromatic N) is 4. The van der Waals surface area contributed by atoms with E-state index in [0.29, 0.717) is 15.8 Å². The molecule has 25 heavy (non-hydrogen) atoms. The van der Waals surface area contributed by atoms with E-state index in [1.54, 1.807) is 13.1 Å². The molecule has 0 saturated carbocycles. The Balaban J connectivity index is 1.79. The van der Waals surface area contributed by atoms with E-state index < -0.39 is 5.60 Å². The van der Waals surface area contributed by atoms with Crippen molar-refractivity contribution in [3.05, 3.63) is 57.1 Å². The molecule has 8 heteroatoms. The number of nitrogen functional groups attached to an aromatic ring is 1. The fraction of sp³-hybridized carbons (Fsp3) is 0.235. The van der Waals surface area contributed by atoms with Gasteiger partial charge in [-0.3, -0.25) is 0 Å². The number of aliphatic hydroxyl groups is 1. The van der Waals surface area contributed by atoms with Crippen LogP contribution in [0.1, 0.15) is 23.1 Å². The number of hydrogen-bond acceptors (Lipinski definition) is 7. The van der Waals surface area contributed by atoms with E-state index >= 15 is 0 Å². The van der Waals surface area contributed by atoms with Crippen LogP contribution in [0.25, 0.3) is 0 Å². The SMILES string of the molecule is CC(O)(c1ccc2c(c1)N(c1nc(N)ncc1Cl)CC2)c1nccs1. The molecule has 1 aromatic carbocycles. The van der Waals surface area contributed by atoms with E-state index in [0.717, 1.165) is 24.2 Å². The van der Waals surface area contributed by atoms with Crippen molar-refractivity contribution in [3.63, 3.8) is 0 Å². The van der Waals surface area contributed by atoms with E-state index in [9.17, 15) is 5.11 Å². The number of thiazole rings is 1. The molecule has 3 heterocycles. The zero-order chi connectivity index (χ0) is 17.6. The van der Waals surface area contributed by atoms with Crippen molar-refractivity contribution in [2.24, 2.45) is 0 Å². The first-order valence-corrected chi connectivity index (χ1v) is 9.04. The molecule has 6 nitrogen and oxygen atoms in total. The molecule has 0 saturated heterocycles. The van der Waals surface area contributed by atoms with Gasteiger partial charge in [0.25, 0.3) is 0 Å². The van der Waals surface area contributed by atoms with Crippen molar-refractivity contribution in [1.29, 1.82) is 0 Å². The first-order valence-electron chi connectivity index (χ1n) is 7.78. The zero-order valence-corrected chi connectivity index (χ0v) is 15.1. The Morgan fingerprint density at radius 1 is 1.36 bits per heavy atom. The van der Waals surface area contributed by atoms with E-state index in [-0.39, 0.29) is 5.95 Å². The van der Waals surface area contributed by atoms with Gasteiger partial charge in [0.15, 0.2) is 5.82 Å². The van der Waals surface area contributed by atoms with Gasteiger partial charge in [-0.05, 0) is 30.5 Å². The Morgan fingerprint density at radius 3 is 2.96 bits per heavy atom. The van der Waals surface area contributed by atoms with Crippen molar-refractivity contribution < 1.29 is 5.11 Å². The van der Waals surface area contributed by atoms with Gasteiger partial charge in [-0.15, -0.1) is 11.3 Å². The summed E-state index contributed by atoms with van der Waals surface area (Å²) in [7, 11) is 0. The predicted octanol–water partition coefficient (Wildman–Crippen LogP) is 3.12. The number of nitrogens with two attached hydrogens (primary N) is 1. The first kappa shape index (κ1) is 16.3. The molecule has 0 aliphatic carbocycles. The van der Waals surface area contributed by atoms with Crippen LogP contribution in [0.3, 0.4) is 0 Å². The quantitative estimate of drug-likeness (QED) is 0.733. The molecule has 3 N–H and O–H groups in total. The number of aromatic nitrogens is 3. The van der Waals surface area contributed by atoms with Crippen molar-refractivity contribution in [1.82, 2.24) is 15.0 Å². The van der Waals surface area contributed by atoms with Crippen molar-refractivity contribution in [2.45, 2.75) is 18.9 Å². The van der Waals surface area contributed by atoms with Gasteiger partial charge in [0, 0.05) is 23.8 Å². The average molecular weight is 374 g/mol. The highest BCUT2D eigenvalue weighted by atomic mass is 35.5. The summed E-state index contributed by atoms with van der Waals surface area (Å²) in [6.45, 7) is 2.50. The maximum atomic E-state index is 11.0. The van der Waals surface area contributed by atoms with Gasteiger partial charge in [0.05, 0.1) is 6.20 Å². The first-order chi connectivity index (χ1) is 12.0. The second-order valence-corrected chi connectivity index (χ2v) is 7.36. The Kier molecular flexibility index (Phi) is 3.87.